The Labute approximate surface area is 113 Å². The Morgan fingerprint density at radius 2 is 1.89 bits per heavy atom. The van der Waals surface area contributed by atoms with Gasteiger partial charge in [-0.25, -0.2) is 0 Å². The van der Waals surface area contributed by atoms with Crippen LogP contribution in [0.3, 0.4) is 0 Å². The largest absolute Gasteiger partial charge is 0.326 e. The molecule has 96 valence electrons. The summed E-state index contributed by atoms with van der Waals surface area (Å²) in [6.45, 7) is 0. The van der Waals surface area contributed by atoms with E-state index in [2.05, 4.69) is 29.6 Å². The van der Waals surface area contributed by atoms with Crippen LogP contribution in [-0.2, 0) is 4.79 Å². The number of nitrogens with one attached hydrogen (secondary N) is 1. The van der Waals surface area contributed by atoms with E-state index in [4.69, 9.17) is 0 Å². The fourth-order valence-corrected chi connectivity index (χ4v) is 2.54. The monoisotopic (exact) mass is 251 g/mol. The summed E-state index contributed by atoms with van der Waals surface area (Å²) < 4.78 is 0. The maximum absolute atomic E-state index is 12.2. The van der Waals surface area contributed by atoms with E-state index >= 15 is 0 Å². The van der Waals surface area contributed by atoms with Crippen molar-refractivity contribution in [1.29, 1.82) is 0 Å². The number of anilines is 1. The molecule has 0 heterocycles. The van der Waals surface area contributed by atoms with Crippen molar-refractivity contribution in [2.45, 2.75) is 19.3 Å². The number of carbonyl (C=O) groups is 1. The van der Waals surface area contributed by atoms with Crippen molar-refractivity contribution in [3.05, 3.63) is 54.6 Å². The van der Waals surface area contributed by atoms with Crippen molar-refractivity contribution in [3.8, 4) is 0 Å². The Balaban J connectivity index is 1.77. The van der Waals surface area contributed by atoms with E-state index < -0.39 is 0 Å². The maximum atomic E-state index is 12.2. The number of fused-ring (bicyclic) bond motifs is 1. The molecule has 0 bridgehead atoms. The maximum Gasteiger partial charge on any atom is 0.227 e. The Bertz CT molecular complexity index is 630. The molecular formula is C17H17NO. The van der Waals surface area contributed by atoms with Gasteiger partial charge in [-0.1, -0.05) is 42.5 Å². The van der Waals surface area contributed by atoms with Crippen LogP contribution in [0.1, 0.15) is 19.3 Å². The molecule has 1 aliphatic carbocycles. The van der Waals surface area contributed by atoms with Crippen LogP contribution in [0.4, 0.5) is 5.69 Å². The number of amides is 1. The third kappa shape index (κ3) is 2.68. The second kappa shape index (κ2) is 5.27. The van der Waals surface area contributed by atoms with Crippen LogP contribution in [0, 0.1) is 5.92 Å². The van der Waals surface area contributed by atoms with Crippen LogP contribution < -0.4 is 5.32 Å². The predicted molar refractivity (Wildman–Crippen MR) is 79.1 cm³/mol. The van der Waals surface area contributed by atoms with Crippen LogP contribution in [0.25, 0.3) is 10.8 Å². The molecule has 1 amide bonds. The molecule has 1 atom stereocenters. The summed E-state index contributed by atoms with van der Waals surface area (Å²) >= 11 is 0. The van der Waals surface area contributed by atoms with Gasteiger partial charge in [-0.05, 0) is 42.2 Å². The van der Waals surface area contributed by atoms with Crippen molar-refractivity contribution >= 4 is 22.4 Å². The summed E-state index contributed by atoms with van der Waals surface area (Å²) in [7, 11) is 0. The van der Waals surface area contributed by atoms with E-state index in [1.165, 1.54) is 5.39 Å². The molecule has 0 saturated heterocycles. The molecular weight excluding hydrogens is 234 g/mol. The molecule has 2 nitrogen and oxygen atoms in total. The van der Waals surface area contributed by atoms with Gasteiger partial charge >= 0.3 is 0 Å². The third-order valence-electron chi connectivity index (χ3n) is 3.66. The summed E-state index contributed by atoms with van der Waals surface area (Å²) in [6.07, 6.45) is 7.08. The highest BCUT2D eigenvalue weighted by atomic mass is 16.1. The predicted octanol–water partition coefficient (Wildman–Crippen LogP) is 4.13. The minimum Gasteiger partial charge on any atom is -0.326 e. The number of hydrogen-bond donors (Lipinski definition) is 1. The molecule has 3 rings (SSSR count). The van der Waals surface area contributed by atoms with Gasteiger partial charge in [0.1, 0.15) is 0 Å². The van der Waals surface area contributed by atoms with Gasteiger partial charge in [-0.2, -0.15) is 0 Å². The second-order valence-electron chi connectivity index (χ2n) is 5.03. The van der Waals surface area contributed by atoms with Crippen LogP contribution in [0.15, 0.2) is 54.6 Å². The van der Waals surface area contributed by atoms with Gasteiger partial charge < -0.3 is 5.32 Å². The van der Waals surface area contributed by atoms with Crippen molar-refractivity contribution in [3.63, 3.8) is 0 Å². The molecule has 0 aromatic heterocycles. The van der Waals surface area contributed by atoms with Gasteiger partial charge in [0.05, 0.1) is 0 Å². The molecule has 1 aliphatic rings. The number of allylic oxidation sites excluding steroid dienone is 2. The molecule has 1 N–H and O–H groups in total. The highest BCUT2D eigenvalue weighted by molar-refractivity contribution is 5.95. The Kier molecular flexibility index (Phi) is 3.32. The first-order chi connectivity index (χ1) is 9.33. The Morgan fingerprint density at radius 3 is 2.68 bits per heavy atom. The molecule has 0 unspecified atom stereocenters. The molecule has 2 aromatic rings. The quantitative estimate of drug-likeness (QED) is 0.799. The van der Waals surface area contributed by atoms with Gasteiger partial charge in [0.25, 0.3) is 0 Å². The zero-order chi connectivity index (χ0) is 13.1. The number of rotatable bonds is 2. The zero-order valence-electron chi connectivity index (χ0n) is 10.8. The fraction of sp³-hybridized carbons (Fsp3) is 0.235. The molecule has 0 radical (unpaired) electrons. The van der Waals surface area contributed by atoms with Gasteiger partial charge in [0.2, 0.25) is 5.91 Å². The lowest BCUT2D eigenvalue weighted by Gasteiger charge is -2.17. The van der Waals surface area contributed by atoms with Gasteiger partial charge in [-0.3, -0.25) is 4.79 Å². The van der Waals surface area contributed by atoms with Crippen LogP contribution >= 0.6 is 0 Å². The lowest BCUT2D eigenvalue weighted by molar-refractivity contribution is -0.120. The molecule has 2 heteroatoms. The Hall–Kier alpha value is -2.09. The normalized spacial score (nSPS) is 18.4. The molecule has 0 fully saturated rings. The number of hydrogen-bond acceptors (Lipinski definition) is 1. The summed E-state index contributed by atoms with van der Waals surface area (Å²) in [5.74, 6) is 0.260. The van der Waals surface area contributed by atoms with Crippen LogP contribution in [0.5, 0.6) is 0 Å². The molecule has 0 saturated carbocycles. The fourth-order valence-electron chi connectivity index (χ4n) is 2.54. The summed E-state index contributed by atoms with van der Waals surface area (Å²) in [5, 5.41) is 5.38. The first kappa shape index (κ1) is 12.0. The van der Waals surface area contributed by atoms with E-state index in [9.17, 15) is 4.79 Å². The topological polar surface area (TPSA) is 29.1 Å². The lowest BCUT2D eigenvalue weighted by atomic mass is 9.93. The SMILES string of the molecule is O=C(Nc1ccc2ccccc2c1)[C@H]1CC=CCC1. The van der Waals surface area contributed by atoms with Crippen molar-refractivity contribution in [2.75, 3.05) is 5.32 Å². The first-order valence-corrected chi connectivity index (χ1v) is 6.77. The number of benzene rings is 2. The van der Waals surface area contributed by atoms with E-state index in [0.717, 1.165) is 30.3 Å². The summed E-state index contributed by atoms with van der Waals surface area (Å²) in [4.78, 5) is 12.2. The minimum absolute atomic E-state index is 0.122. The average Bonchev–Trinajstić information content (AvgIpc) is 2.48. The summed E-state index contributed by atoms with van der Waals surface area (Å²) in [5.41, 5.74) is 0.887. The van der Waals surface area contributed by atoms with Gasteiger partial charge in [0, 0.05) is 11.6 Å². The lowest BCUT2D eigenvalue weighted by Crippen LogP contribution is -2.23. The van der Waals surface area contributed by atoms with Crippen molar-refractivity contribution in [1.82, 2.24) is 0 Å². The zero-order valence-corrected chi connectivity index (χ0v) is 10.8. The highest BCUT2D eigenvalue weighted by Gasteiger charge is 2.18. The molecule has 2 aromatic carbocycles. The minimum atomic E-state index is 0.122. The van der Waals surface area contributed by atoms with Crippen LogP contribution in [0.2, 0.25) is 0 Å². The number of carbonyl (C=O) groups excluding carboxylic acids is 1. The van der Waals surface area contributed by atoms with Gasteiger partial charge in [0.15, 0.2) is 0 Å². The van der Waals surface area contributed by atoms with E-state index in [-0.39, 0.29) is 11.8 Å². The summed E-state index contributed by atoms with van der Waals surface area (Å²) in [6, 6.07) is 14.2. The highest BCUT2D eigenvalue weighted by Crippen LogP contribution is 2.22. The first-order valence-electron chi connectivity index (χ1n) is 6.77. The van der Waals surface area contributed by atoms with E-state index in [1.807, 2.05) is 30.3 Å². The molecule has 19 heavy (non-hydrogen) atoms. The van der Waals surface area contributed by atoms with Crippen molar-refractivity contribution in [2.24, 2.45) is 5.92 Å². The third-order valence-corrected chi connectivity index (χ3v) is 3.66. The molecule has 0 spiro atoms. The smallest absolute Gasteiger partial charge is 0.227 e. The average molecular weight is 251 g/mol. The van der Waals surface area contributed by atoms with Crippen LogP contribution in [-0.4, -0.2) is 5.91 Å². The van der Waals surface area contributed by atoms with E-state index in [0.29, 0.717) is 0 Å². The standard InChI is InChI=1S/C17H17NO/c19-17(14-7-2-1-3-8-14)18-16-11-10-13-6-4-5-9-15(13)12-16/h1-2,4-6,9-12,14H,3,7-8H2,(H,18,19)/t14-/m0/s1. The molecule has 0 aliphatic heterocycles. The van der Waals surface area contributed by atoms with Crippen molar-refractivity contribution < 1.29 is 4.79 Å². The second-order valence-corrected chi connectivity index (χ2v) is 5.03. The Morgan fingerprint density at radius 1 is 1.05 bits per heavy atom. The van der Waals surface area contributed by atoms with Gasteiger partial charge in [-0.15, -0.1) is 0 Å². The van der Waals surface area contributed by atoms with E-state index in [1.54, 1.807) is 0 Å².